The first-order valence-electron chi connectivity index (χ1n) is 10.1. The van der Waals surface area contributed by atoms with E-state index in [1.807, 2.05) is 5.32 Å². The van der Waals surface area contributed by atoms with Crippen LogP contribution in [0, 0.1) is 0 Å². The van der Waals surface area contributed by atoms with Crippen LogP contribution >= 0.6 is 7.79 Å². The van der Waals surface area contributed by atoms with E-state index in [9.17, 15) is 14.4 Å². The number of carbonyl (C=O) groups excluding carboxylic acids is 3. The topological polar surface area (TPSA) is 154 Å². The van der Waals surface area contributed by atoms with E-state index in [0.29, 0.717) is 19.3 Å². The van der Waals surface area contributed by atoms with Gasteiger partial charge in [-0.1, -0.05) is 4.62 Å². The van der Waals surface area contributed by atoms with Crippen molar-refractivity contribution < 1.29 is 38.2 Å². The molecule has 0 saturated carbocycles. The largest absolute Gasteiger partial charge is 0.462 e. The molecule has 0 radical (unpaired) electrons. The lowest BCUT2D eigenvalue weighted by atomic mass is 10.2. The van der Waals surface area contributed by atoms with Crippen LogP contribution in [0.15, 0.2) is 12.3 Å². The molecule has 0 aromatic carbocycles. The van der Waals surface area contributed by atoms with Crippen molar-refractivity contribution in [3.05, 3.63) is 12.3 Å². The van der Waals surface area contributed by atoms with Crippen LogP contribution in [0.1, 0.15) is 33.6 Å². The van der Waals surface area contributed by atoms with Crippen molar-refractivity contribution in [2.24, 2.45) is 5.50 Å². The molecular formula is C18H35N5O8P+. The lowest BCUT2D eigenvalue weighted by molar-refractivity contribution is -0.486. The van der Waals surface area contributed by atoms with Crippen LogP contribution in [-0.2, 0) is 38.2 Å². The minimum absolute atomic E-state index is 0.123. The molecule has 1 fully saturated rings. The number of nitrogens with one attached hydrogen (secondary N) is 2. The molecule has 4 atom stereocenters. The van der Waals surface area contributed by atoms with E-state index in [4.69, 9.17) is 29.3 Å². The second-order valence-electron chi connectivity index (χ2n) is 7.51. The number of hydrogen-bond acceptors (Lipinski definition) is 12. The van der Waals surface area contributed by atoms with Gasteiger partial charge in [-0.3, -0.25) is 24.5 Å². The Morgan fingerprint density at radius 2 is 2.00 bits per heavy atom. The van der Waals surface area contributed by atoms with E-state index in [2.05, 4.69) is 5.09 Å². The van der Waals surface area contributed by atoms with Crippen LogP contribution < -0.4 is 15.9 Å². The van der Waals surface area contributed by atoms with Crippen LogP contribution in [0.5, 0.6) is 0 Å². The van der Waals surface area contributed by atoms with Gasteiger partial charge in [-0.2, -0.15) is 5.50 Å². The van der Waals surface area contributed by atoms with Gasteiger partial charge in [0.1, 0.15) is 30.9 Å². The maximum atomic E-state index is 12.0. The highest BCUT2D eigenvalue weighted by Crippen LogP contribution is 2.44. The van der Waals surface area contributed by atoms with Crippen molar-refractivity contribution in [2.45, 2.75) is 58.1 Å². The molecule has 4 unspecified atom stereocenters. The molecule has 2 amide bonds. The lowest BCUT2D eigenvalue weighted by Crippen LogP contribution is -2.41. The standard InChI is InChI=1S/C18H34N5O8P/c1-13(2)29-18(26)14(3)21-32(6,19)31-23(27-5)28-11-15-7-8-17(30-15)22(4)10-9-16(25)20-12-24/h9-10,12-15,17,21H,7-8,11,19H2,1-6H3/p+1/b10-9-. The predicted octanol–water partition coefficient (Wildman–Crippen LogP) is 0.217. The smallest absolute Gasteiger partial charge is 0.326 e. The van der Waals surface area contributed by atoms with Crippen LogP contribution in [-0.4, -0.2) is 80.5 Å². The number of nitrogens with two attached hydrogens (primary N) is 1. The third kappa shape index (κ3) is 10.7. The van der Waals surface area contributed by atoms with Crippen molar-refractivity contribution >= 4 is 26.1 Å². The Labute approximate surface area is 188 Å². The Hall–Kier alpha value is -1.70. The number of hydrogen-bond donors (Lipinski definition) is 3. The van der Waals surface area contributed by atoms with Crippen molar-refractivity contribution in [2.75, 3.05) is 27.4 Å². The molecule has 0 spiro atoms. The normalized spacial score (nSPS) is 21.5. The van der Waals surface area contributed by atoms with E-state index >= 15 is 0 Å². The zero-order chi connectivity index (χ0) is 24.3. The number of imide groups is 1. The summed E-state index contributed by atoms with van der Waals surface area (Å²) in [5, 5.41) is 5.70. The predicted molar refractivity (Wildman–Crippen MR) is 116 cm³/mol. The van der Waals surface area contributed by atoms with Gasteiger partial charge in [0.2, 0.25) is 6.41 Å². The van der Waals surface area contributed by atoms with Gasteiger partial charge >= 0.3 is 13.8 Å². The summed E-state index contributed by atoms with van der Waals surface area (Å²) in [6, 6.07) is -0.685. The van der Waals surface area contributed by atoms with E-state index in [1.165, 1.54) is 19.4 Å². The Balaban J connectivity index is 2.47. The molecule has 1 saturated heterocycles. The van der Waals surface area contributed by atoms with Crippen molar-refractivity contribution in [1.29, 1.82) is 0 Å². The zero-order valence-corrected chi connectivity index (χ0v) is 20.2. The zero-order valence-electron chi connectivity index (χ0n) is 19.3. The van der Waals surface area contributed by atoms with Gasteiger partial charge in [0.05, 0.1) is 19.3 Å². The molecule has 184 valence electrons. The molecular weight excluding hydrogens is 445 g/mol. The Morgan fingerprint density at radius 1 is 1.31 bits per heavy atom. The van der Waals surface area contributed by atoms with Crippen LogP contribution in [0.2, 0.25) is 0 Å². The van der Waals surface area contributed by atoms with Gasteiger partial charge in [0.25, 0.3) is 5.91 Å². The molecule has 13 nitrogen and oxygen atoms in total. The van der Waals surface area contributed by atoms with E-state index < -0.39 is 25.7 Å². The average Bonchev–Trinajstić information content (AvgIpc) is 3.17. The van der Waals surface area contributed by atoms with E-state index in [-0.39, 0.29) is 25.0 Å². The molecule has 32 heavy (non-hydrogen) atoms. The fourth-order valence-electron chi connectivity index (χ4n) is 2.68. The lowest BCUT2D eigenvalue weighted by Gasteiger charge is -2.25. The minimum Gasteiger partial charge on any atom is -0.462 e. The molecule has 0 aliphatic carbocycles. The summed E-state index contributed by atoms with van der Waals surface area (Å²) in [7, 11) is 0.322. The van der Waals surface area contributed by atoms with Crippen LogP contribution in [0.25, 0.3) is 0 Å². The maximum Gasteiger partial charge on any atom is 0.326 e. The van der Waals surface area contributed by atoms with Crippen LogP contribution in [0.3, 0.4) is 0 Å². The van der Waals surface area contributed by atoms with Crippen molar-refractivity contribution in [1.82, 2.24) is 20.7 Å². The summed E-state index contributed by atoms with van der Waals surface area (Å²) in [6.07, 6.45) is 3.73. The Kier molecular flexibility index (Phi) is 12.2. The highest BCUT2D eigenvalue weighted by atomic mass is 31.2. The second-order valence-corrected chi connectivity index (χ2v) is 9.91. The van der Waals surface area contributed by atoms with Gasteiger partial charge in [0, 0.05) is 19.3 Å². The number of carbonyl (C=O) groups is 3. The molecule has 0 bridgehead atoms. The van der Waals surface area contributed by atoms with Crippen molar-refractivity contribution in [3.63, 3.8) is 0 Å². The molecule has 1 heterocycles. The number of rotatable bonds is 14. The quantitative estimate of drug-likeness (QED) is 0.102. The Morgan fingerprint density at radius 3 is 2.59 bits per heavy atom. The summed E-state index contributed by atoms with van der Waals surface area (Å²) in [6.45, 7) is 6.86. The van der Waals surface area contributed by atoms with Gasteiger partial charge in [-0.25, -0.2) is 4.84 Å². The molecule has 0 aromatic heterocycles. The minimum atomic E-state index is -2.78. The van der Waals surface area contributed by atoms with Gasteiger partial charge < -0.3 is 14.4 Å². The molecule has 0 aromatic rings. The number of amides is 2. The summed E-state index contributed by atoms with van der Waals surface area (Å²) >= 11 is 0. The monoisotopic (exact) mass is 480 g/mol. The third-order valence-electron chi connectivity index (χ3n) is 4.11. The molecule has 1 rings (SSSR count). The average molecular weight is 480 g/mol. The highest BCUT2D eigenvalue weighted by molar-refractivity contribution is 7.66. The third-order valence-corrected chi connectivity index (χ3v) is 5.48. The molecule has 1 aliphatic heterocycles. The van der Waals surface area contributed by atoms with Gasteiger partial charge in [-0.05, 0) is 33.6 Å². The van der Waals surface area contributed by atoms with Crippen molar-refractivity contribution in [3.8, 4) is 0 Å². The Bertz CT molecular complexity index is 651. The van der Waals surface area contributed by atoms with Crippen LogP contribution in [0.4, 0.5) is 0 Å². The fourth-order valence-corrected chi connectivity index (χ4v) is 4.00. The first-order chi connectivity index (χ1) is 15.0. The molecule has 4 N–H and O–H groups in total. The number of esters is 1. The summed E-state index contributed by atoms with van der Waals surface area (Å²) in [5.41, 5.74) is 6.16. The fraction of sp³-hybridized carbons (Fsp3) is 0.722. The number of ether oxygens (including phenoxy) is 2. The SMILES string of the molecule is CON(OCC1CCC(N(C)/C=C\C(=O)NC=O)O1)O[P+](C)(N)NC(C)C(=O)OC(C)C. The summed E-state index contributed by atoms with van der Waals surface area (Å²) < 4.78 is 16.6. The molecule has 14 heteroatoms. The van der Waals surface area contributed by atoms with Gasteiger partial charge in [-0.15, -0.1) is 5.09 Å². The second kappa shape index (κ2) is 13.8. The van der Waals surface area contributed by atoms with Gasteiger partial charge in [0.15, 0.2) is 0 Å². The summed E-state index contributed by atoms with van der Waals surface area (Å²) in [4.78, 5) is 45.8. The first kappa shape index (κ1) is 28.3. The van der Waals surface area contributed by atoms with E-state index in [1.54, 1.807) is 39.4 Å². The summed E-state index contributed by atoms with van der Waals surface area (Å²) in [5.74, 6) is -0.969. The highest BCUT2D eigenvalue weighted by Gasteiger charge is 2.39. The van der Waals surface area contributed by atoms with E-state index in [0.717, 1.165) is 5.39 Å². The number of nitrogens with zero attached hydrogens (tertiary/aromatic N) is 2. The first-order valence-corrected chi connectivity index (χ1v) is 12.3. The molecule has 1 aliphatic rings. The maximum absolute atomic E-state index is 12.0.